The fraction of sp³-hybridized carbons (Fsp3) is 0.188. The van der Waals surface area contributed by atoms with Crippen molar-refractivity contribution < 1.29 is 14.3 Å². The van der Waals surface area contributed by atoms with Gasteiger partial charge in [0.25, 0.3) is 5.91 Å². The molecular weight excluding hydrogens is 414 g/mol. The molecule has 0 unspecified atom stereocenters. The third-order valence-electron chi connectivity index (χ3n) is 2.71. The van der Waals surface area contributed by atoms with Crippen molar-refractivity contribution in [3.05, 3.63) is 51.4 Å². The summed E-state index contributed by atoms with van der Waals surface area (Å²) in [5.74, 6) is 1.00. The van der Waals surface area contributed by atoms with Crippen molar-refractivity contribution in [2.24, 2.45) is 0 Å². The second-order valence-electron chi connectivity index (χ2n) is 4.34. The van der Waals surface area contributed by atoms with E-state index in [1.54, 1.807) is 12.1 Å². The molecule has 0 saturated carbocycles. The van der Waals surface area contributed by atoms with Crippen LogP contribution in [0.25, 0.3) is 0 Å². The summed E-state index contributed by atoms with van der Waals surface area (Å²) in [4.78, 5) is 12.0. The molecule has 2 aromatic carbocycles. The van der Waals surface area contributed by atoms with E-state index in [2.05, 4.69) is 37.2 Å². The van der Waals surface area contributed by atoms with E-state index in [4.69, 9.17) is 9.47 Å². The van der Waals surface area contributed by atoms with E-state index in [-0.39, 0.29) is 12.5 Å². The minimum atomic E-state index is -0.248. The first-order valence-electron chi connectivity index (χ1n) is 6.69. The third kappa shape index (κ3) is 4.74. The van der Waals surface area contributed by atoms with Crippen molar-refractivity contribution in [3.8, 4) is 11.5 Å². The smallest absolute Gasteiger partial charge is 0.262 e. The number of rotatable bonds is 6. The van der Waals surface area contributed by atoms with Gasteiger partial charge in [-0.25, -0.2) is 0 Å². The number of carbonyl (C=O) groups is 1. The van der Waals surface area contributed by atoms with Gasteiger partial charge < -0.3 is 14.8 Å². The van der Waals surface area contributed by atoms with E-state index in [0.717, 1.165) is 8.95 Å². The number of hydrogen-bond donors (Lipinski definition) is 1. The Morgan fingerprint density at radius 1 is 1.09 bits per heavy atom. The summed E-state index contributed by atoms with van der Waals surface area (Å²) in [7, 11) is 0. The van der Waals surface area contributed by atoms with Gasteiger partial charge in [0.1, 0.15) is 11.5 Å². The van der Waals surface area contributed by atoms with Crippen LogP contribution in [-0.4, -0.2) is 19.1 Å². The van der Waals surface area contributed by atoms with Gasteiger partial charge in [-0.2, -0.15) is 0 Å². The van der Waals surface area contributed by atoms with Crippen LogP contribution in [0.5, 0.6) is 11.5 Å². The molecule has 0 saturated heterocycles. The monoisotopic (exact) mass is 427 g/mol. The fourth-order valence-corrected chi connectivity index (χ4v) is 2.93. The van der Waals surface area contributed by atoms with Crippen LogP contribution in [0.1, 0.15) is 6.92 Å². The molecular formula is C16H15Br2NO3. The van der Waals surface area contributed by atoms with Gasteiger partial charge in [-0.15, -0.1) is 0 Å². The summed E-state index contributed by atoms with van der Waals surface area (Å²) in [5.41, 5.74) is 0.632. The van der Waals surface area contributed by atoms with E-state index in [1.807, 2.05) is 37.3 Å². The highest BCUT2D eigenvalue weighted by atomic mass is 79.9. The van der Waals surface area contributed by atoms with Crippen molar-refractivity contribution in [1.29, 1.82) is 0 Å². The molecule has 0 spiro atoms. The quantitative estimate of drug-likeness (QED) is 0.729. The van der Waals surface area contributed by atoms with Crippen LogP contribution in [-0.2, 0) is 4.79 Å². The van der Waals surface area contributed by atoms with Crippen LogP contribution in [0.15, 0.2) is 51.4 Å². The average Bonchev–Trinajstić information content (AvgIpc) is 2.48. The SMILES string of the molecule is CCOc1ccccc1NC(=O)COc1ccc(Br)cc1Br. The number of benzene rings is 2. The van der Waals surface area contributed by atoms with Gasteiger partial charge in [-0.05, 0) is 53.2 Å². The van der Waals surface area contributed by atoms with Crippen molar-refractivity contribution in [3.63, 3.8) is 0 Å². The lowest BCUT2D eigenvalue weighted by Gasteiger charge is -2.12. The number of ether oxygens (including phenoxy) is 2. The summed E-state index contributed by atoms with van der Waals surface area (Å²) in [6, 6.07) is 12.8. The highest BCUT2D eigenvalue weighted by Gasteiger charge is 2.09. The zero-order valence-electron chi connectivity index (χ0n) is 11.9. The second-order valence-corrected chi connectivity index (χ2v) is 6.11. The van der Waals surface area contributed by atoms with Crippen LogP contribution < -0.4 is 14.8 Å². The molecule has 4 nitrogen and oxygen atoms in total. The van der Waals surface area contributed by atoms with Crippen LogP contribution >= 0.6 is 31.9 Å². The number of hydrogen-bond acceptors (Lipinski definition) is 3. The van der Waals surface area contributed by atoms with Gasteiger partial charge in [0.15, 0.2) is 6.61 Å². The molecule has 0 atom stereocenters. The van der Waals surface area contributed by atoms with Crippen LogP contribution in [0.2, 0.25) is 0 Å². The van der Waals surface area contributed by atoms with Crippen molar-refractivity contribution in [2.45, 2.75) is 6.92 Å². The first-order chi connectivity index (χ1) is 10.6. The Bertz CT molecular complexity index is 662. The summed E-state index contributed by atoms with van der Waals surface area (Å²) in [5, 5.41) is 2.78. The maximum absolute atomic E-state index is 12.0. The molecule has 6 heteroatoms. The second kappa shape index (κ2) is 8.19. The molecule has 0 aliphatic heterocycles. The lowest BCUT2D eigenvalue weighted by Crippen LogP contribution is -2.20. The minimum Gasteiger partial charge on any atom is -0.492 e. The Kier molecular flexibility index (Phi) is 6.27. The van der Waals surface area contributed by atoms with Gasteiger partial charge in [-0.3, -0.25) is 4.79 Å². The van der Waals surface area contributed by atoms with E-state index in [9.17, 15) is 4.79 Å². The standard InChI is InChI=1S/C16H15Br2NO3/c1-2-21-15-6-4-3-5-13(15)19-16(20)10-22-14-8-7-11(17)9-12(14)18/h3-9H,2,10H2,1H3,(H,19,20). The first kappa shape index (κ1) is 16.8. The Morgan fingerprint density at radius 2 is 1.86 bits per heavy atom. The summed E-state index contributed by atoms with van der Waals surface area (Å²) >= 11 is 6.75. The molecule has 0 bridgehead atoms. The van der Waals surface area contributed by atoms with Gasteiger partial charge in [0, 0.05) is 4.47 Å². The molecule has 0 aliphatic carbocycles. The molecule has 1 N–H and O–H groups in total. The normalized spacial score (nSPS) is 10.1. The van der Waals surface area contributed by atoms with E-state index >= 15 is 0 Å². The Hall–Kier alpha value is -1.53. The molecule has 0 fully saturated rings. The minimum absolute atomic E-state index is 0.0826. The topological polar surface area (TPSA) is 47.6 Å². The van der Waals surface area contributed by atoms with E-state index in [1.165, 1.54) is 0 Å². The van der Waals surface area contributed by atoms with Gasteiger partial charge in [0.2, 0.25) is 0 Å². The lowest BCUT2D eigenvalue weighted by molar-refractivity contribution is -0.118. The average molecular weight is 429 g/mol. The molecule has 0 radical (unpaired) electrons. The van der Waals surface area contributed by atoms with Gasteiger partial charge >= 0.3 is 0 Å². The molecule has 22 heavy (non-hydrogen) atoms. The highest BCUT2D eigenvalue weighted by Crippen LogP contribution is 2.28. The molecule has 0 aliphatic rings. The fourth-order valence-electron chi connectivity index (χ4n) is 1.77. The zero-order chi connectivity index (χ0) is 15.9. The number of anilines is 1. The molecule has 0 aromatic heterocycles. The molecule has 2 aromatic rings. The first-order valence-corrected chi connectivity index (χ1v) is 8.28. The Morgan fingerprint density at radius 3 is 2.59 bits per heavy atom. The number of nitrogens with one attached hydrogen (secondary N) is 1. The van der Waals surface area contributed by atoms with Crippen LogP contribution in [0, 0.1) is 0 Å². The maximum Gasteiger partial charge on any atom is 0.262 e. The third-order valence-corrected chi connectivity index (χ3v) is 3.83. The van der Waals surface area contributed by atoms with E-state index < -0.39 is 0 Å². The highest BCUT2D eigenvalue weighted by molar-refractivity contribution is 9.11. The molecule has 1 amide bonds. The molecule has 0 heterocycles. The van der Waals surface area contributed by atoms with E-state index in [0.29, 0.717) is 23.8 Å². The number of para-hydroxylation sites is 2. The summed E-state index contributed by atoms with van der Waals surface area (Å²) in [6.45, 7) is 2.35. The summed E-state index contributed by atoms with van der Waals surface area (Å²) in [6.07, 6.45) is 0. The largest absolute Gasteiger partial charge is 0.492 e. The van der Waals surface area contributed by atoms with Crippen molar-refractivity contribution in [2.75, 3.05) is 18.5 Å². The van der Waals surface area contributed by atoms with Crippen molar-refractivity contribution in [1.82, 2.24) is 0 Å². The lowest BCUT2D eigenvalue weighted by atomic mass is 10.3. The van der Waals surface area contributed by atoms with Crippen LogP contribution in [0.4, 0.5) is 5.69 Å². The van der Waals surface area contributed by atoms with Gasteiger partial charge in [0.05, 0.1) is 16.8 Å². The number of halogens is 2. The zero-order valence-corrected chi connectivity index (χ0v) is 15.1. The summed E-state index contributed by atoms with van der Waals surface area (Å²) < 4.78 is 12.7. The molecule has 116 valence electrons. The predicted molar refractivity (Wildman–Crippen MR) is 93.6 cm³/mol. The molecule has 2 rings (SSSR count). The number of amides is 1. The number of carbonyl (C=O) groups excluding carboxylic acids is 1. The maximum atomic E-state index is 12.0. The Balaban J connectivity index is 1.96. The predicted octanol–water partition coefficient (Wildman–Crippen LogP) is 4.63. The van der Waals surface area contributed by atoms with Crippen molar-refractivity contribution >= 4 is 43.5 Å². The van der Waals surface area contributed by atoms with Gasteiger partial charge in [-0.1, -0.05) is 28.1 Å². The van der Waals surface area contributed by atoms with Crippen LogP contribution in [0.3, 0.4) is 0 Å². The Labute approximate surface area is 146 Å².